The van der Waals surface area contributed by atoms with Gasteiger partial charge in [0.25, 0.3) is 0 Å². The molecule has 0 saturated carbocycles. The summed E-state index contributed by atoms with van der Waals surface area (Å²) >= 11 is 0. The molecule has 108 valence electrons. The van der Waals surface area contributed by atoms with E-state index in [1.54, 1.807) is 7.11 Å². The molecule has 1 atom stereocenters. The van der Waals surface area contributed by atoms with Gasteiger partial charge in [0, 0.05) is 11.6 Å². The molecule has 0 amide bonds. The molecule has 3 nitrogen and oxygen atoms in total. The van der Waals surface area contributed by atoms with Gasteiger partial charge in [-0.25, -0.2) is 0 Å². The zero-order valence-corrected chi connectivity index (χ0v) is 12.9. The molecule has 0 fully saturated rings. The SMILES string of the molecule is CCc1ccc(OC)c(C(NC)C(C)(C)CCN)c1. The van der Waals surface area contributed by atoms with Crippen LogP contribution in [0.15, 0.2) is 18.2 Å². The molecule has 3 N–H and O–H groups in total. The lowest BCUT2D eigenvalue weighted by molar-refractivity contribution is 0.234. The number of rotatable bonds is 7. The van der Waals surface area contributed by atoms with E-state index >= 15 is 0 Å². The predicted molar refractivity (Wildman–Crippen MR) is 81.6 cm³/mol. The van der Waals surface area contributed by atoms with Crippen molar-refractivity contribution in [2.24, 2.45) is 11.1 Å². The van der Waals surface area contributed by atoms with Crippen LogP contribution in [0.5, 0.6) is 5.75 Å². The van der Waals surface area contributed by atoms with Crippen LogP contribution in [0.1, 0.15) is 44.4 Å². The van der Waals surface area contributed by atoms with Crippen molar-refractivity contribution < 1.29 is 4.74 Å². The van der Waals surface area contributed by atoms with Crippen molar-refractivity contribution in [2.75, 3.05) is 20.7 Å². The molecule has 3 heteroatoms. The molecule has 1 unspecified atom stereocenters. The molecule has 0 aromatic heterocycles. The fraction of sp³-hybridized carbons (Fsp3) is 0.625. The molecule has 0 heterocycles. The molecular formula is C16H28N2O. The van der Waals surface area contributed by atoms with Crippen molar-refractivity contribution >= 4 is 0 Å². The van der Waals surface area contributed by atoms with Crippen LogP contribution in [0.3, 0.4) is 0 Å². The Balaban J connectivity index is 3.22. The lowest BCUT2D eigenvalue weighted by atomic mass is 9.77. The van der Waals surface area contributed by atoms with Gasteiger partial charge in [0.1, 0.15) is 5.75 Å². The summed E-state index contributed by atoms with van der Waals surface area (Å²) in [6.45, 7) is 7.37. The van der Waals surface area contributed by atoms with Crippen LogP contribution in [-0.4, -0.2) is 20.7 Å². The molecule has 1 aromatic carbocycles. The zero-order chi connectivity index (χ0) is 14.5. The highest BCUT2D eigenvalue weighted by atomic mass is 16.5. The first kappa shape index (κ1) is 16.0. The van der Waals surface area contributed by atoms with Crippen LogP contribution < -0.4 is 15.8 Å². The molecule has 1 aromatic rings. The van der Waals surface area contributed by atoms with Crippen molar-refractivity contribution in [3.8, 4) is 5.75 Å². The highest BCUT2D eigenvalue weighted by Crippen LogP contribution is 2.40. The number of benzene rings is 1. The minimum Gasteiger partial charge on any atom is -0.496 e. The van der Waals surface area contributed by atoms with Gasteiger partial charge >= 0.3 is 0 Å². The number of methoxy groups -OCH3 is 1. The molecule has 1 rings (SSSR count). The second-order valence-corrected chi connectivity index (χ2v) is 5.68. The van der Waals surface area contributed by atoms with E-state index in [-0.39, 0.29) is 11.5 Å². The quantitative estimate of drug-likeness (QED) is 0.796. The molecular weight excluding hydrogens is 236 g/mol. The number of aryl methyl sites for hydroxylation is 1. The topological polar surface area (TPSA) is 47.3 Å². The number of hydrogen-bond acceptors (Lipinski definition) is 3. The van der Waals surface area contributed by atoms with E-state index in [2.05, 4.69) is 44.3 Å². The Kier molecular flexibility index (Phi) is 5.83. The Morgan fingerprint density at radius 1 is 1.37 bits per heavy atom. The highest BCUT2D eigenvalue weighted by molar-refractivity contribution is 5.40. The lowest BCUT2D eigenvalue weighted by Crippen LogP contribution is -2.34. The average molecular weight is 264 g/mol. The van der Waals surface area contributed by atoms with E-state index in [0.29, 0.717) is 6.54 Å². The Labute approximate surface area is 117 Å². The van der Waals surface area contributed by atoms with Gasteiger partial charge in [-0.15, -0.1) is 0 Å². The summed E-state index contributed by atoms with van der Waals surface area (Å²) in [7, 11) is 3.73. The maximum atomic E-state index is 5.75. The van der Waals surface area contributed by atoms with Crippen molar-refractivity contribution in [1.29, 1.82) is 0 Å². The van der Waals surface area contributed by atoms with Crippen molar-refractivity contribution in [2.45, 2.75) is 39.7 Å². The van der Waals surface area contributed by atoms with E-state index < -0.39 is 0 Å². The molecule has 0 aliphatic carbocycles. The third kappa shape index (κ3) is 3.71. The summed E-state index contributed by atoms with van der Waals surface area (Å²) in [5.74, 6) is 0.946. The summed E-state index contributed by atoms with van der Waals surface area (Å²) in [5.41, 5.74) is 8.40. The summed E-state index contributed by atoms with van der Waals surface area (Å²) in [6, 6.07) is 6.68. The number of ether oxygens (including phenoxy) is 1. The molecule has 0 spiro atoms. The smallest absolute Gasteiger partial charge is 0.123 e. The fourth-order valence-corrected chi connectivity index (χ4v) is 2.71. The largest absolute Gasteiger partial charge is 0.496 e. The van der Waals surface area contributed by atoms with E-state index in [9.17, 15) is 0 Å². The van der Waals surface area contributed by atoms with Gasteiger partial charge in [-0.3, -0.25) is 0 Å². The molecule has 0 saturated heterocycles. The maximum absolute atomic E-state index is 5.75. The standard InChI is InChI=1S/C16H28N2O/c1-6-12-7-8-14(19-5)13(11-12)15(18-4)16(2,3)9-10-17/h7-8,11,15,18H,6,9-10,17H2,1-5H3. The van der Waals surface area contributed by atoms with Crippen molar-refractivity contribution in [3.05, 3.63) is 29.3 Å². The average Bonchev–Trinajstić information content (AvgIpc) is 2.39. The molecule has 0 aliphatic heterocycles. The van der Waals surface area contributed by atoms with Crippen LogP contribution in [0.4, 0.5) is 0 Å². The van der Waals surface area contributed by atoms with E-state index in [1.165, 1.54) is 11.1 Å². The van der Waals surface area contributed by atoms with Gasteiger partial charge in [0.2, 0.25) is 0 Å². The maximum Gasteiger partial charge on any atom is 0.123 e. The van der Waals surface area contributed by atoms with E-state index in [4.69, 9.17) is 10.5 Å². The van der Waals surface area contributed by atoms with Gasteiger partial charge in [0.15, 0.2) is 0 Å². The highest BCUT2D eigenvalue weighted by Gasteiger charge is 2.31. The summed E-state index contributed by atoms with van der Waals surface area (Å²) in [6.07, 6.45) is 2.00. The Morgan fingerprint density at radius 2 is 2.05 bits per heavy atom. The van der Waals surface area contributed by atoms with Crippen molar-refractivity contribution in [1.82, 2.24) is 5.32 Å². The minimum absolute atomic E-state index is 0.0865. The predicted octanol–water partition coefficient (Wildman–Crippen LogP) is 2.89. The Hall–Kier alpha value is -1.06. The lowest BCUT2D eigenvalue weighted by Gasteiger charge is -2.35. The molecule has 19 heavy (non-hydrogen) atoms. The summed E-state index contributed by atoms with van der Waals surface area (Å²) < 4.78 is 5.53. The molecule has 0 aliphatic rings. The first-order valence-electron chi connectivity index (χ1n) is 7.04. The Bertz CT molecular complexity index is 402. The monoisotopic (exact) mass is 264 g/mol. The van der Waals surface area contributed by atoms with Crippen molar-refractivity contribution in [3.63, 3.8) is 0 Å². The van der Waals surface area contributed by atoms with Gasteiger partial charge < -0.3 is 15.8 Å². The van der Waals surface area contributed by atoms with Gasteiger partial charge in [-0.05, 0) is 43.5 Å². The Morgan fingerprint density at radius 3 is 2.53 bits per heavy atom. The van der Waals surface area contributed by atoms with Gasteiger partial charge in [0.05, 0.1) is 7.11 Å². The number of hydrogen-bond donors (Lipinski definition) is 2. The first-order chi connectivity index (χ1) is 9.00. The van der Waals surface area contributed by atoms with Crippen LogP contribution >= 0.6 is 0 Å². The fourth-order valence-electron chi connectivity index (χ4n) is 2.71. The molecule has 0 radical (unpaired) electrons. The van der Waals surface area contributed by atoms with E-state index in [0.717, 1.165) is 18.6 Å². The van der Waals surface area contributed by atoms with Gasteiger partial charge in [-0.1, -0.05) is 32.9 Å². The first-order valence-corrected chi connectivity index (χ1v) is 7.04. The molecule has 0 bridgehead atoms. The van der Waals surface area contributed by atoms with E-state index in [1.807, 2.05) is 7.05 Å². The minimum atomic E-state index is 0.0865. The summed E-state index contributed by atoms with van der Waals surface area (Å²) in [5, 5.41) is 3.43. The van der Waals surface area contributed by atoms with Crippen LogP contribution in [0.25, 0.3) is 0 Å². The summed E-state index contributed by atoms with van der Waals surface area (Å²) in [4.78, 5) is 0. The van der Waals surface area contributed by atoms with Crippen LogP contribution in [-0.2, 0) is 6.42 Å². The zero-order valence-electron chi connectivity index (χ0n) is 12.9. The van der Waals surface area contributed by atoms with Crippen LogP contribution in [0.2, 0.25) is 0 Å². The van der Waals surface area contributed by atoms with Crippen LogP contribution in [0, 0.1) is 5.41 Å². The van der Waals surface area contributed by atoms with Gasteiger partial charge in [-0.2, -0.15) is 0 Å². The number of nitrogens with two attached hydrogens (primary N) is 1. The number of nitrogens with one attached hydrogen (secondary N) is 1. The third-order valence-electron chi connectivity index (χ3n) is 3.87. The third-order valence-corrected chi connectivity index (χ3v) is 3.87. The normalized spacial score (nSPS) is 13.4. The second-order valence-electron chi connectivity index (χ2n) is 5.68. The second kappa shape index (κ2) is 6.92.